The number of aryl methyl sites for hydroxylation is 1. The van der Waals surface area contributed by atoms with E-state index in [-0.39, 0.29) is 0 Å². The molecule has 0 aliphatic carbocycles. The van der Waals surface area contributed by atoms with Crippen molar-refractivity contribution in [1.29, 1.82) is 0 Å². The fourth-order valence-electron chi connectivity index (χ4n) is 2.00. The van der Waals surface area contributed by atoms with Gasteiger partial charge >= 0.3 is 12.0 Å². The molecule has 1 atom stereocenters. The highest BCUT2D eigenvalue weighted by molar-refractivity contribution is 7.98. The number of amides is 3. The lowest BCUT2D eigenvalue weighted by atomic mass is 10.2. The predicted octanol–water partition coefficient (Wildman–Crippen LogP) is 2.06. The molecule has 0 radical (unpaired) electrons. The van der Waals surface area contributed by atoms with E-state index in [0.717, 1.165) is 0 Å². The molecule has 0 fully saturated rings. The highest BCUT2D eigenvalue weighted by atomic mass is 32.2. The molecule has 1 aromatic heterocycles. The molecule has 1 aromatic carbocycles. The van der Waals surface area contributed by atoms with E-state index in [9.17, 15) is 14.4 Å². The van der Waals surface area contributed by atoms with E-state index in [1.165, 1.54) is 18.7 Å². The third-order valence-corrected chi connectivity index (χ3v) is 4.31. The molecule has 2 aromatic rings. The van der Waals surface area contributed by atoms with Gasteiger partial charge in [-0.15, -0.1) is 11.8 Å². The summed E-state index contributed by atoms with van der Waals surface area (Å²) in [6.07, 6.45) is -1.13. The van der Waals surface area contributed by atoms with Crippen molar-refractivity contribution in [3.05, 3.63) is 41.5 Å². The molecule has 27 heavy (non-hydrogen) atoms. The average molecular weight is 392 g/mol. The number of benzene rings is 1. The number of esters is 1. The van der Waals surface area contributed by atoms with Crippen LogP contribution in [0.4, 0.5) is 4.79 Å². The molecule has 0 saturated heterocycles. The predicted molar refractivity (Wildman–Crippen MR) is 97.1 cm³/mol. The van der Waals surface area contributed by atoms with E-state index >= 15 is 0 Å². The van der Waals surface area contributed by atoms with Gasteiger partial charge in [0, 0.05) is 11.4 Å². The van der Waals surface area contributed by atoms with Crippen LogP contribution in [0.3, 0.4) is 0 Å². The van der Waals surface area contributed by atoms with Crippen molar-refractivity contribution in [2.45, 2.75) is 37.5 Å². The molecule has 0 aliphatic heterocycles. The second kappa shape index (κ2) is 9.72. The van der Waals surface area contributed by atoms with Gasteiger partial charge in [0.15, 0.2) is 11.9 Å². The molecular weight excluding hydrogens is 372 g/mol. The van der Waals surface area contributed by atoms with Gasteiger partial charge in [-0.1, -0.05) is 17.3 Å². The van der Waals surface area contributed by atoms with E-state index in [1.54, 1.807) is 38.1 Å². The zero-order valence-electron chi connectivity index (χ0n) is 15.1. The Labute approximate surface area is 160 Å². The van der Waals surface area contributed by atoms with Crippen LogP contribution < -0.4 is 10.6 Å². The first kappa shape index (κ1) is 20.4. The number of nitrogens with one attached hydrogen (secondary N) is 2. The van der Waals surface area contributed by atoms with Crippen molar-refractivity contribution < 1.29 is 23.6 Å². The first-order valence-electron chi connectivity index (χ1n) is 8.21. The monoisotopic (exact) mass is 392 g/mol. The van der Waals surface area contributed by atoms with Crippen LogP contribution in [0.2, 0.25) is 0 Å². The van der Waals surface area contributed by atoms with Gasteiger partial charge in [-0.25, -0.2) is 9.59 Å². The lowest BCUT2D eigenvalue weighted by Gasteiger charge is -2.14. The Morgan fingerprint density at radius 1 is 1.30 bits per heavy atom. The Kier molecular flexibility index (Phi) is 7.35. The topological polar surface area (TPSA) is 123 Å². The number of aromatic nitrogens is 2. The van der Waals surface area contributed by atoms with Gasteiger partial charge in [-0.3, -0.25) is 10.1 Å². The zero-order chi connectivity index (χ0) is 19.8. The van der Waals surface area contributed by atoms with Crippen molar-refractivity contribution in [1.82, 2.24) is 20.8 Å². The normalized spacial score (nSPS) is 11.5. The number of carbonyl (C=O) groups is 3. The second-order valence-electron chi connectivity index (χ2n) is 5.42. The number of rotatable bonds is 7. The summed E-state index contributed by atoms with van der Waals surface area (Å²) in [5, 5.41) is 8.24. The van der Waals surface area contributed by atoms with Gasteiger partial charge in [0.05, 0.1) is 11.3 Å². The second-order valence-corrected chi connectivity index (χ2v) is 6.43. The fraction of sp³-hybridized carbons (Fsp3) is 0.353. The summed E-state index contributed by atoms with van der Waals surface area (Å²) in [6, 6.07) is 6.18. The van der Waals surface area contributed by atoms with Crippen LogP contribution in [0.15, 0.2) is 33.7 Å². The SMILES string of the molecule is CCNC(=O)NC(=O)C(C)OC(=O)c1ccccc1SCc1nc(C)no1. The van der Waals surface area contributed by atoms with Gasteiger partial charge in [0.2, 0.25) is 5.89 Å². The molecule has 3 amide bonds. The Bertz CT molecular complexity index is 823. The first-order chi connectivity index (χ1) is 12.9. The van der Waals surface area contributed by atoms with Gasteiger partial charge in [-0.2, -0.15) is 4.98 Å². The van der Waals surface area contributed by atoms with Gasteiger partial charge in [0.1, 0.15) is 0 Å². The molecule has 0 spiro atoms. The summed E-state index contributed by atoms with van der Waals surface area (Å²) < 4.78 is 10.2. The zero-order valence-corrected chi connectivity index (χ0v) is 16.0. The number of ether oxygens (including phenoxy) is 1. The lowest BCUT2D eigenvalue weighted by molar-refractivity contribution is -0.127. The van der Waals surface area contributed by atoms with Crippen LogP contribution in [0.25, 0.3) is 0 Å². The molecule has 144 valence electrons. The molecule has 1 unspecified atom stereocenters. The fourth-order valence-corrected chi connectivity index (χ4v) is 2.87. The summed E-state index contributed by atoms with van der Waals surface area (Å²) in [6.45, 7) is 5.20. The average Bonchev–Trinajstić information content (AvgIpc) is 3.05. The summed E-state index contributed by atoms with van der Waals surface area (Å²) in [5.41, 5.74) is 0.302. The molecule has 0 bridgehead atoms. The third kappa shape index (κ3) is 6.10. The summed E-state index contributed by atoms with van der Waals surface area (Å²) in [7, 11) is 0. The van der Waals surface area contributed by atoms with Crippen molar-refractivity contribution in [3.63, 3.8) is 0 Å². The number of thioether (sulfide) groups is 1. The van der Waals surface area contributed by atoms with Gasteiger partial charge < -0.3 is 14.6 Å². The molecule has 2 N–H and O–H groups in total. The number of urea groups is 1. The molecule has 9 nitrogen and oxygen atoms in total. The molecular formula is C17H20N4O5S. The highest BCUT2D eigenvalue weighted by Gasteiger charge is 2.22. The summed E-state index contributed by atoms with van der Waals surface area (Å²) in [5.74, 6) is -0.0158. The number of imide groups is 1. The third-order valence-electron chi connectivity index (χ3n) is 3.25. The largest absolute Gasteiger partial charge is 0.449 e. The quantitative estimate of drug-likeness (QED) is 0.542. The van der Waals surface area contributed by atoms with Gasteiger partial charge in [0.25, 0.3) is 5.91 Å². The van der Waals surface area contributed by atoms with Crippen molar-refractivity contribution in [3.8, 4) is 0 Å². The summed E-state index contributed by atoms with van der Waals surface area (Å²) in [4.78, 5) is 40.5. The van der Waals surface area contributed by atoms with Crippen molar-refractivity contribution >= 4 is 29.7 Å². The van der Waals surface area contributed by atoms with Crippen LogP contribution >= 0.6 is 11.8 Å². The highest BCUT2D eigenvalue weighted by Crippen LogP contribution is 2.26. The first-order valence-corrected chi connectivity index (χ1v) is 9.20. The van der Waals surface area contributed by atoms with Crippen LogP contribution in [0.1, 0.15) is 35.9 Å². The smallest absolute Gasteiger partial charge is 0.340 e. The maximum absolute atomic E-state index is 12.4. The van der Waals surface area contributed by atoms with Crippen LogP contribution in [0.5, 0.6) is 0 Å². The minimum atomic E-state index is -1.13. The number of hydrogen-bond donors (Lipinski definition) is 2. The Hall–Kier alpha value is -2.88. The molecule has 0 aliphatic rings. The minimum absolute atomic E-state index is 0.302. The number of hydrogen-bond acceptors (Lipinski definition) is 8. The van der Waals surface area contributed by atoms with Crippen LogP contribution in [0, 0.1) is 6.92 Å². The van der Waals surface area contributed by atoms with Crippen LogP contribution in [-0.4, -0.2) is 40.7 Å². The summed E-state index contributed by atoms with van der Waals surface area (Å²) >= 11 is 1.33. The Morgan fingerprint density at radius 2 is 2.04 bits per heavy atom. The lowest BCUT2D eigenvalue weighted by Crippen LogP contribution is -2.44. The Balaban J connectivity index is 1.99. The number of nitrogens with zero attached hydrogens (tertiary/aromatic N) is 2. The Morgan fingerprint density at radius 3 is 2.70 bits per heavy atom. The van der Waals surface area contributed by atoms with E-state index in [1.807, 2.05) is 0 Å². The maximum Gasteiger partial charge on any atom is 0.340 e. The molecule has 0 saturated carbocycles. The van der Waals surface area contributed by atoms with Gasteiger partial charge in [-0.05, 0) is 32.9 Å². The van der Waals surface area contributed by atoms with Crippen molar-refractivity contribution in [2.75, 3.05) is 6.54 Å². The number of carbonyl (C=O) groups excluding carboxylic acids is 3. The molecule has 1 heterocycles. The molecule has 2 rings (SSSR count). The minimum Gasteiger partial charge on any atom is -0.449 e. The van der Waals surface area contributed by atoms with E-state index in [4.69, 9.17) is 9.26 Å². The van der Waals surface area contributed by atoms with Crippen molar-refractivity contribution in [2.24, 2.45) is 0 Å². The van der Waals surface area contributed by atoms with Crippen LogP contribution in [-0.2, 0) is 15.3 Å². The molecule has 10 heteroatoms. The van der Waals surface area contributed by atoms with E-state index in [2.05, 4.69) is 20.8 Å². The standard InChI is InChI=1S/C17H20N4O5S/c1-4-18-17(24)20-15(22)10(2)25-16(23)12-7-5-6-8-13(12)27-9-14-19-11(3)21-26-14/h5-8,10H,4,9H2,1-3H3,(H2,18,20,22,24). The van der Waals surface area contributed by atoms with E-state index in [0.29, 0.717) is 34.5 Å². The maximum atomic E-state index is 12.4. The van der Waals surface area contributed by atoms with E-state index < -0.39 is 24.0 Å².